The van der Waals surface area contributed by atoms with Crippen molar-refractivity contribution in [3.05, 3.63) is 33.2 Å². The minimum absolute atomic E-state index is 0.0513. The summed E-state index contributed by atoms with van der Waals surface area (Å²) in [5.41, 5.74) is 7.18. The zero-order valence-electron chi connectivity index (χ0n) is 9.69. The lowest BCUT2D eigenvalue weighted by Gasteiger charge is -2.10. The van der Waals surface area contributed by atoms with E-state index >= 15 is 0 Å². The van der Waals surface area contributed by atoms with Gasteiger partial charge in [-0.25, -0.2) is 4.79 Å². The maximum atomic E-state index is 11.8. The standard InChI is InChI=1S/C13H13NO4/c14-5-6-4-9-7-2-1-3-8(7)13(17)18-12(9)11(16)10(6)15/h4,15-16H,1-3,5,14H2. The van der Waals surface area contributed by atoms with Gasteiger partial charge in [0.1, 0.15) is 0 Å². The Kier molecular flexibility index (Phi) is 2.31. The summed E-state index contributed by atoms with van der Waals surface area (Å²) < 4.78 is 5.11. The molecule has 0 atom stereocenters. The van der Waals surface area contributed by atoms with E-state index in [1.807, 2.05) is 0 Å². The van der Waals surface area contributed by atoms with Crippen molar-refractivity contribution < 1.29 is 14.6 Å². The summed E-state index contributed by atoms with van der Waals surface area (Å²) in [5.74, 6) is -0.717. The van der Waals surface area contributed by atoms with E-state index in [1.54, 1.807) is 6.07 Å². The number of hydrogen-bond donors (Lipinski definition) is 3. The maximum Gasteiger partial charge on any atom is 0.339 e. The molecule has 2 aromatic rings. The van der Waals surface area contributed by atoms with Crippen molar-refractivity contribution in [2.75, 3.05) is 0 Å². The van der Waals surface area contributed by atoms with Crippen molar-refractivity contribution in [1.29, 1.82) is 0 Å². The number of rotatable bonds is 1. The van der Waals surface area contributed by atoms with Crippen LogP contribution in [0.15, 0.2) is 15.3 Å². The molecule has 0 saturated carbocycles. The van der Waals surface area contributed by atoms with Crippen LogP contribution in [0.3, 0.4) is 0 Å². The van der Waals surface area contributed by atoms with Gasteiger partial charge >= 0.3 is 5.63 Å². The van der Waals surface area contributed by atoms with Crippen LogP contribution in [0.2, 0.25) is 0 Å². The van der Waals surface area contributed by atoms with Gasteiger partial charge in [-0.2, -0.15) is 0 Å². The van der Waals surface area contributed by atoms with E-state index in [9.17, 15) is 15.0 Å². The van der Waals surface area contributed by atoms with E-state index in [0.29, 0.717) is 22.9 Å². The number of nitrogens with two attached hydrogens (primary N) is 1. The molecule has 5 heteroatoms. The Morgan fingerprint density at radius 1 is 1.22 bits per heavy atom. The molecule has 0 spiro atoms. The first kappa shape index (κ1) is 11.1. The van der Waals surface area contributed by atoms with Gasteiger partial charge in [0.15, 0.2) is 11.3 Å². The average molecular weight is 247 g/mol. The molecule has 0 saturated heterocycles. The van der Waals surface area contributed by atoms with Crippen LogP contribution in [-0.2, 0) is 19.4 Å². The number of aryl methyl sites for hydroxylation is 1. The van der Waals surface area contributed by atoms with Crippen LogP contribution in [-0.4, -0.2) is 10.2 Å². The highest BCUT2D eigenvalue weighted by Crippen LogP contribution is 2.39. The Bertz CT molecular complexity index is 702. The van der Waals surface area contributed by atoms with Crippen molar-refractivity contribution in [2.24, 2.45) is 5.73 Å². The van der Waals surface area contributed by atoms with Crippen molar-refractivity contribution in [3.63, 3.8) is 0 Å². The molecular weight excluding hydrogens is 234 g/mol. The Morgan fingerprint density at radius 3 is 2.67 bits per heavy atom. The minimum atomic E-state index is -0.426. The number of hydrogen-bond acceptors (Lipinski definition) is 5. The Morgan fingerprint density at radius 2 is 1.94 bits per heavy atom. The summed E-state index contributed by atoms with van der Waals surface area (Å²) in [6.07, 6.45) is 2.39. The zero-order valence-corrected chi connectivity index (χ0v) is 9.69. The van der Waals surface area contributed by atoms with Crippen molar-refractivity contribution in [1.82, 2.24) is 0 Å². The Labute approximate surface area is 102 Å². The molecule has 1 heterocycles. The molecule has 1 aliphatic rings. The van der Waals surface area contributed by atoms with Gasteiger partial charge < -0.3 is 20.4 Å². The molecule has 18 heavy (non-hydrogen) atoms. The summed E-state index contributed by atoms with van der Waals surface area (Å²) in [5, 5.41) is 20.3. The van der Waals surface area contributed by atoms with Crippen LogP contribution in [0.1, 0.15) is 23.1 Å². The van der Waals surface area contributed by atoms with Gasteiger partial charge in [0, 0.05) is 23.1 Å². The lowest BCUT2D eigenvalue weighted by atomic mass is 10.0. The molecule has 1 aromatic heterocycles. The first-order chi connectivity index (χ1) is 8.63. The number of fused-ring (bicyclic) bond motifs is 3. The lowest BCUT2D eigenvalue weighted by Crippen LogP contribution is -2.07. The molecule has 1 aromatic carbocycles. The van der Waals surface area contributed by atoms with Crippen LogP contribution in [0, 0.1) is 0 Å². The Hall–Kier alpha value is -2.01. The fourth-order valence-electron chi connectivity index (χ4n) is 2.60. The third-order valence-corrected chi connectivity index (χ3v) is 3.51. The number of phenols is 2. The van der Waals surface area contributed by atoms with Crippen LogP contribution < -0.4 is 11.4 Å². The number of phenolic OH excluding ortho intramolecular Hbond substituents is 2. The predicted octanol–water partition coefficient (Wildman–Crippen LogP) is 1.15. The quantitative estimate of drug-likeness (QED) is 0.519. The van der Waals surface area contributed by atoms with Crippen LogP contribution in [0.5, 0.6) is 11.5 Å². The zero-order chi connectivity index (χ0) is 12.9. The second-order valence-corrected chi connectivity index (χ2v) is 4.51. The maximum absolute atomic E-state index is 11.8. The molecule has 5 nitrogen and oxygen atoms in total. The highest BCUT2D eigenvalue weighted by atomic mass is 16.4. The van der Waals surface area contributed by atoms with E-state index in [0.717, 1.165) is 18.4 Å². The van der Waals surface area contributed by atoms with Gasteiger partial charge in [-0.15, -0.1) is 0 Å². The van der Waals surface area contributed by atoms with Crippen LogP contribution in [0.25, 0.3) is 11.0 Å². The van der Waals surface area contributed by atoms with Gasteiger partial charge in [0.25, 0.3) is 0 Å². The molecule has 0 fully saturated rings. The molecule has 0 radical (unpaired) electrons. The molecule has 4 N–H and O–H groups in total. The number of benzene rings is 1. The largest absolute Gasteiger partial charge is 0.504 e. The smallest absolute Gasteiger partial charge is 0.339 e. The van der Waals surface area contributed by atoms with E-state index in [2.05, 4.69) is 0 Å². The molecule has 0 amide bonds. The fraction of sp³-hybridized carbons (Fsp3) is 0.308. The summed E-state index contributed by atoms with van der Waals surface area (Å²) in [7, 11) is 0. The van der Waals surface area contributed by atoms with E-state index < -0.39 is 11.4 Å². The predicted molar refractivity (Wildman–Crippen MR) is 65.7 cm³/mol. The van der Waals surface area contributed by atoms with Gasteiger partial charge in [-0.1, -0.05) is 0 Å². The third kappa shape index (κ3) is 1.34. The molecule has 0 unspecified atom stereocenters. The topological polar surface area (TPSA) is 96.7 Å². The van der Waals surface area contributed by atoms with Gasteiger partial charge in [-0.3, -0.25) is 0 Å². The molecule has 0 bridgehead atoms. The van der Waals surface area contributed by atoms with Crippen LogP contribution in [0.4, 0.5) is 0 Å². The summed E-state index contributed by atoms with van der Waals surface area (Å²) in [6.45, 7) is 0.114. The van der Waals surface area contributed by atoms with Crippen LogP contribution >= 0.6 is 0 Å². The highest BCUT2D eigenvalue weighted by Gasteiger charge is 2.23. The lowest BCUT2D eigenvalue weighted by molar-refractivity contribution is 0.393. The number of aromatic hydroxyl groups is 2. The third-order valence-electron chi connectivity index (χ3n) is 3.51. The van der Waals surface area contributed by atoms with E-state index in [-0.39, 0.29) is 17.9 Å². The normalized spacial score (nSPS) is 14.1. The Balaban J connectivity index is 2.49. The second-order valence-electron chi connectivity index (χ2n) is 4.51. The average Bonchev–Trinajstić information content (AvgIpc) is 2.85. The molecule has 94 valence electrons. The first-order valence-electron chi connectivity index (χ1n) is 5.86. The summed E-state index contributed by atoms with van der Waals surface area (Å²) >= 11 is 0. The second kappa shape index (κ2) is 3.74. The van der Waals surface area contributed by atoms with Crippen molar-refractivity contribution >= 4 is 11.0 Å². The molecular formula is C13H13NO4. The SMILES string of the molecule is NCc1cc2c3c(c(=O)oc2c(O)c1O)CCC3. The van der Waals surface area contributed by atoms with E-state index in [1.165, 1.54) is 0 Å². The van der Waals surface area contributed by atoms with Crippen molar-refractivity contribution in [2.45, 2.75) is 25.8 Å². The van der Waals surface area contributed by atoms with E-state index in [4.69, 9.17) is 10.2 Å². The highest BCUT2D eigenvalue weighted by molar-refractivity contribution is 5.89. The summed E-state index contributed by atoms with van der Waals surface area (Å²) in [4.78, 5) is 11.8. The summed E-state index contributed by atoms with van der Waals surface area (Å²) in [6, 6.07) is 1.69. The van der Waals surface area contributed by atoms with Crippen molar-refractivity contribution in [3.8, 4) is 11.5 Å². The molecule has 1 aliphatic carbocycles. The first-order valence-corrected chi connectivity index (χ1v) is 5.86. The molecule has 0 aliphatic heterocycles. The van der Waals surface area contributed by atoms with Gasteiger partial charge in [0.2, 0.25) is 5.75 Å². The van der Waals surface area contributed by atoms with Gasteiger partial charge in [0.05, 0.1) is 0 Å². The van der Waals surface area contributed by atoms with Gasteiger partial charge in [-0.05, 0) is 30.9 Å². The monoisotopic (exact) mass is 247 g/mol. The molecule has 3 rings (SSSR count). The minimum Gasteiger partial charge on any atom is -0.504 e. The fourth-order valence-corrected chi connectivity index (χ4v) is 2.60.